The van der Waals surface area contributed by atoms with Crippen LogP contribution in [0.25, 0.3) is 0 Å². The highest BCUT2D eigenvalue weighted by Gasteiger charge is 2.43. The fourth-order valence-electron chi connectivity index (χ4n) is 2.09. The number of alkyl halides is 3. The molecule has 0 radical (unpaired) electrons. The molecule has 5 nitrogen and oxygen atoms in total. The normalized spacial score (nSPS) is 19.8. The summed E-state index contributed by atoms with van der Waals surface area (Å²) in [5.74, 6) is -0.966. The van der Waals surface area contributed by atoms with E-state index in [4.69, 9.17) is 0 Å². The van der Waals surface area contributed by atoms with Crippen molar-refractivity contribution >= 4 is 10.0 Å². The molecule has 19 heavy (non-hydrogen) atoms. The van der Waals surface area contributed by atoms with Crippen LogP contribution >= 0.6 is 0 Å². The topological polar surface area (TPSA) is 66.1 Å². The number of nitrogens with one attached hydrogen (secondary N) is 1. The van der Waals surface area contributed by atoms with Crippen LogP contribution in [0.4, 0.5) is 13.2 Å². The molecule has 0 aromatic carbocycles. The second-order valence-electron chi connectivity index (χ2n) is 4.55. The molecular formula is C10H14F3N3O2S. The maximum Gasteiger partial charge on any atom is 0.391 e. The minimum Gasteiger partial charge on any atom is -0.332 e. The smallest absolute Gasteiger partial charge is 0.332 e. The Hall–Kier alpha value is -1.09. The lowest BCUT2D eigenvalue weighted by Gasteiger charge is -2.31. The standard InChI is InChI=1S/C10H14F3N3O2S/c1-7-14-6-9(15-7)19(17,18)16-4-2-8(3-5-16)10(11,12)13/h6,8H,2-5H2,1H3,(H,14,15). The van der Waals surface area contributed by atoms with E-state index in [1.165, 1.54) is 6.20 Å². The summed E-state index contributed by atoms with van der Waals surface area (Å²) in [4.78, 5) is 6.38. The molecular weight excluding hydrogens is 283 g/mol. The lowest BCUT2D eigenvalue weighted by Crippen LogP contribution is -2.42. The first-order valence-electron chi connectivity index (χ1n) is 5.80. The second kappa shape index (κ2) is 4.78. The van der Waals surface area contributed by atoms with Gasteiger partial charge in [0, 0.05) is 13.1 Å². The summed E-state index contributed by atoms with van der Waals surface area (Å²) in [6.45, 7) is 1.37. The molecule has 1 fully saturated rings. The first kappa shape index (κ1) is 14.3. The van der Waals surface area contributed by atoms with Gasteiger partial charge in [0.2, 0.25) is 0 Å². The van der Waals surface area contributed by atoms with Gasteiger partial charge in [0.05, 0.1) is 12.1 Å². The van der Waals surface area contributed by atoms with E-state index in [-0.39, 0.29) is 31.0 Å². The van der Waals surface area contributed by atoms with Crippen molar-refractivity contribution in [2.45, 2.75) is 31.0 Å². The maximum absolute atomic E-state index is 12.5. The van der Waals surface area contributed by atoms with Gasteiger partial charge in [-0.05, 0) is 19.8 Å². The number of imidazole rings is 1. The monoisotopic (exact) mass is 297 g/mol. The van der Waals surface area contributed by atoms with Gasteiger partial charge in [-0.2, -0.15) is 17.5 Å². The number of halogens is 3. The number of aryl methyl sites for hydroxylation is 1. The fourth-order valence-corrected chi connectivity index (χ4v) is 3.52. The van der Waals surface area contributed by atoms with Crippen LogP contribution in [0.15, 0.2) is 11.2 Å². The van der Waals surface area contributed by atoms with Crippen molar-refractivity contribution in [3.05, 3.63) is 12.0 Å². The molecule has 0 spiro atoms. The molecule has 0 atom stereocenters. The number of aromatic amines is 1. The van der Waals surface area contributed by atoms with Gasteiger partial charge in [0.25, 0.3) is 10.0 Å². The van der Waals surface area contributed by atoms with E-state index in [2.05, 4.69) is 9.97 Å². The molecule has 1 N–H and O–H groups in total. The van der Waals surface area contributed by atoms with Gasteiger partial charge >= 0.3 is 6.18 Å². The molecule has 1 aromatic rings. The Kier molecular flexibility index (Phi) is 3.61. The zero-order chi connectivity index (χ0) is 14.3. The van der Waals surface area contributed by atoms with Crippen LogP contribution in [0, 0.1) is 12.8 Å². The van der Waals surface area contributed by atoms with Gasteiger partial charge in [0.15, 0.2) is 5.03 Å². The van der Waals surface area contributed by atoms with E-state index in [0.29, 0.717) is 5.82 Å². The van der Waals surface area contributed by atoms with Crippen molar-refractivity contribution < 1.29 is 21.6 Å². The molecule has 1 aliphatic heterocycles. The van der Waals surface area contributed by atoms with Crippen LogP contribution in [0.2, 0.25) is 0 Å². The Morgan fingerprint density at radius 2 is 1.95 bits per heavy atom. The molecule has 108 valence electrons. The second-order valence-corrected chi connectivity index (χ2v) is 6.46. The summed E-state index contributed by atoms with van der Waals surface area (Å²) >= 11 is 0. The predicted octanol–water partition coefficient (Wildman–Crippen LogP) is 1.68. The Labute approximate surface area is 108 Å². The molecule has 0 unspecified atom stereocenters. The van der Waals surface area contributed by atoms with Gasteiger partial charge in [-0.3, -0.25) is 0 Å². The minimum absolute atomic E-state index is 0.0736. The van der Waals surface area contributed by atoms with E-state index in [1.54, 1.807) is 6.92 Å². The average molecular weight is 297 g/mol. The number of rotatable bonds is 2. The van der Waals surface area contributed by atoms with Crippen LogP contribution in [0.5, 0.6) is 0 Å². The SMILES string of the molecule is Cc1ncc(S(=O)(=O)N2CCC(C(F)(F)F)CC2)[nH]1. The summed E-state index contributed by atoms with van der Waals surface area (Å²) < 4.78 is 62.9. The quantitative estimate of drug-likeness (QED) is 0.903. The summed E-state index contributed by atoms with van der Waals surface area (Å²) in [6, 6.07) is 0. The third-order valence-corrected chi connectivity index (χ3v) is 5.02. The molecule has 2 rings (SSSR count). The van der Waals surface area contributed by atoms with E-state index < -0.39 is 22.1 Å². The highest BCUT2D eigenvalue weighted by molar-refractivity contribution is 7.89. The van der Waals surface area contributed by atoms with Gasteiger partial charge in [0.1, 0.15) is 5.82 Å². The highest BCUT2D eigenvalue weighted by atomic mass is 32.2. The third-order valence-electron chi connectivity index (χ3n) is 3.21. The number of aromatic nitrogens is 2. The van der Waals surface area contributed by atoms with Crippen LogP contribution < -0.4 is 0 Å². The maximum atomic E-state index is 12.5. The summed E-state index contributed by atoms with van der Waals surface area (Å²) in [6.07, 6.45) is -3.47. The number of hydrogen-bond acceptors (Lipinski definition) is 3. The van der Waals surface area contributed by atoms with Gasteiger partial charge in [-0.1, -0.05) is 0 Å². The van der Waals surface area contributed by atoms with Gasteiger partial charge in [-0.25, -0.2) is 13.4 Å². The number of nitrogens with zero attached hydrogens (tertiary/aromatic N) is 2. The van der Waals surface area contributed by atoms with Crippen LogP contribution in [-0.2, 0) is 10.0 Å². The Morgan fingerprint density at radius 1 is 1.37 bits per heavy atom. The summed E-state index contributed by atoms with van der Waals surface area (Å²) in [5.41, 5.74) is 0. The molecule has 9 heteroatoms. The largest absolute Gasteiger partial charge is 0.391 e. The lowest BCUT2D eigenvalue weighted by atomic mass is 9.98. The van der Waals surface area contributed by atoms with Crippen molar-refractivity contribution in [3.63, 3.8) is 0 Å². The Morgan fingerprint density at radius 3 is 2.37 bits per heavy atom. The predicted molar refractivity (Wildman–Crippen MR) is 60.9 cm³/mol. The fraction of sp³-hybridized carbons (Fsp3) is 0.700. The van der Waals surface area contributed by atoms with Crippen molar-refractivity contribution in [2.24, 2.45) is 5.92 Å². The van der Waals surface area contributed by atoms with Crippen molar-refractivity contribution in [1.82, 2.24) is 14.3 Å². The summed E-state index contributed by atoms with van der Waals surface area (Å²) in [5, 5.41) is -0.0736. The molecule has 0 aliphatic carbocycles. The van der Waals surface area contributed by atoms with E-state index in [1.807, 2.05) is 0 Å². The highest BCUT2D eigenvalue weighted by Crippen LogP contribution is 2.35. The van der Waals surface area contributed by atoms with Crippen LogP contribution in [0.1, 0.15) is 18.7 Å². The molecule has 0 bridgehead atoms. The van der Waals surface area contributed by atoms with Crippen molar-refractivity contribution in [3.8, 4) is 0 Å². The Bertz CT molecular complexity index is 545. The van der Waals surface area contributed by atoms with E-state index in [0.717, 1.165) is 4.31 Å². The van der Waals surface area contributed by atoms with Crippen LogP contribution in [-0.4, -0.2) is 42.0 Å². The number of sulfonamides is 1. The van der Waals surface area contributed by atoms with E-state index in [9.17, 15) is 21.6 Å². The lowest BCUT2D eigenvalue weighted by molar-refractivity contribution is -0.182. The first-order chi connectivity index (χ1) is 8.71. The van der Waals surface area contributed by atoms with Gasteiger partial charge < -0.3 is 4.98 Å². The number of piperidine rings is 1. The summed E-state index contributed by atoms with van der Waals surface area (Å²) in [7, 11) is -3.76. The zero-order valence-electron chi connectivity index (χ0n) is 10.2. The minimum atomic E-state index is -4.25. The first-order valence-corrected chi connectivity index (χ1v) is 7.24. The molecule has 0 amide bonds. The number of H-pyrrole nitrogens is 1. The molecule has 1 saturated heterocycles. The van der Waals surface area contributed by atoms with Crippen molar-refractivity contribution in [1.29, 1.82) is 0 Å². The van der Waals surface area contributed by atoms with Crippen LogP contribution in [0.3, 0.4) is 0 Å². The molecule has 2 heterocycles. The van der Waals surface area contributed by atoms with Gasteiger partial charge in [-0.15, -0.1) is 0 Å². The third kappa shape index (κ3) is 2.92. The van der Waals surface area contributed by atoms with E-state index >= 15 is 0 Å². The number of hydrogen-bond donors (Lipinski definition) is 1. The molecule has 1 aromatic heterocycles. The van der Waals surface area contributed by atoms with Crippen molar-refractivity contribution in [2.75, 3.05) is 13.1 Å². The average Bonchev–Trinajstić information content (AvgIpc) is 2.76. The molecule has 1 aliphatic rings. The zero-order valence-corrected chi connectivity index (χ0v) is 11.1. The Balaban J connectivity index is 2.09. The molecule has 0 saturated carbocycles.